The highest BCUT2D eigenvalue weighted by Crippen LogP contribution is 2.17. The fraction of sp³-hybridized carbons (Fsp3) is 0.500. The number of aliphatic hydroxyl groups excluding tert-OH is 2. The van der Waals surface area contributed by atoms with E-state index in [0.29, 0.717) is 5.16 Å². The van der Waals surface area contributed by atoms with E-state index in [1.807, 2.05) is 0 Å². The summed E-state index contributed by atoms with van der Waals surface area (Å²) in [6.07, 6.45) is -0.811. The van der Waals surface area contributed by atoms with Crippen LogP contribution < -0.4 is 0 Å². The molecule has 0 aliphatic rings. The molecule has 14 heavy (non-hydrogen) atoms. The molecule has 5 nitrogen and oxygen atoms in total. The van der Waals surface area contributed by atoms with E-state index in [4.69, 9.17) is 33.4 Å². The van der Waals surface area contributed by atoms with Gasteiger partial charge in [-0.2, -0.15) is 15.0 Å². The maximum Gasteiger partial charge on any atom is 0.227 e. The zero-order chi connectivity index (χ0) is 10.6. The first-order valence-corrected chi connectivity index (χ1v) is 5.34. The summed E-state index contributed by atoms with van der Waals surface area (Å²) >= 11 is 12.2. The van der Waals surface area contributed by atoms with Gasteiger partial charge in [0.2, 0.25) is 10.6 Å². The van der Waals surface area contributed by atoms with E-state index in [9.17, 15) is 0 Å². The fourth-order valence-corrected chi connectivity index (χ4v) is 1.81. The summed E-state index contributed by atoms with van der Waals surface area (Å²) in [4.78, 5) is 11.1. The highest BCUT2D eigenvalue weighted by atomic mass is 35.5. The van der Waals surface area contributed by atoms with E-state index in [0.717, 1.165) is 11.8 Å². The van der Waals surface area contributed by atoms with E-state index >= 15 is 0 Å². The van der Waals surface area contributed by atoms with Gasteiger partial charge in [0.15, 0.2) is 5.16 Å². The molecule has 1 aromatic rings. The Bertz CT molecular complexity index is 295. The van der Waals surface area contributed by atoms with Crippen LogP contribution in [0.15, 0.2) is 5.16 Å². The molecule has 0 saturated carbocycles. The van der Waals surface area contributed by atoms with E-state index in [-0.39, 0.29) is 22.9 Å². The summed E-state index contributed by atoms with van der Waals surface area (Å²) < 4.78 is 0. The van der Waals surface area contributed by atoms with E-state index in [1.165, 1.54) is 0 Å². The lowest BCUT2D eigenvalue weighted by Crippen LogP contribution is -2.14. The first kappa shape index (κ1) is 11.9. The van der Waals surface area contributed by atoms with E-state index in [2.05, 4.69) is 15.0 Å². The third-order valence-corrected chi connectivity index (χ3v) is 2.51. The maximum absolute atomic E-state index is 9.05. The van der Waals surface area contributed by atoms with Crippen LogP contribution in [0.3, 0.4) is 0 Å². The molecule has 0 bridgehead atoms. The average Bonchev–Trinajstić information content (AvgIpc) is 2.12. The molecule has 1 heterocycles. The van der Waals surface area contributed by atoms with Crippen LogP contribution in [-0.2, 0) is 0 Å². The molecule has 0 radical (unpaired) electrons. The molecule has 1 atom stereocenters. The minimum absolute atomic E-state index is 0.00554. The van der Waals surface area contributed by atoms with Gasteiger partial charge in [0.05, 0.1) is 12.7 Å². The van der Waals surface area contributed by atoms with Crippen molar-refractivity contribution < 1.29 is 10.2 Å². The predicted octanol–water partition coefficient (Wildman–Crippen LogP) is 0.624. The van der Waals surface area contributed by atoms with Gasteiger partial charge in [0, 0.05) is 5.75 Å². The van der Waals surface area contributed by atoms with Gasteiger partial charge in [-0.1, -0.05) is 11.8 Å². The van der Waals surface area contributed by atoms with Gasteiger partial charge in [-0.3, -0.25) is 0 Å². The third-order valence-electron chi connectivity index (χ3n) is 1.18. The summed E-state index contributed by atoms with van der Waals surface area (Å²) in [5.74, 6) is 0.271. The van der Waals surface area contributed by atoms with Crippen molar-refractivity contribution in [1.29, 1.82) is 0 Å². The number of halogens is 2. The first-order valence-electron chi connectivity index (χ1n) is 3.60. The molecular weight excluding hydrogens is 249 g/mol. The van der Waals surface area contributed by atoms with Crippen LogP contribution in [0.4, 0.5) is 0 Å². The van der Waals surface area contributed by atoms with Gasteiger partial charge in [-0.05, 0) is 23.2 Å². The Morgan fingerprint density at radius 3 is 2.29 bits per heavy atom. The zero-order valence-corrected chi connectivity index (χ0v) is 9.22. The smallest absolute Gasteiger partial charge is 0.227 e. The average molecular weight is 256 g/mol. The van der Waals surface area contributed by atoms with Crippen molar-refractivity contribution in [2.75, 3.05) is 12.4 Å². The standard InChI is InChI=1S/C6H7Cl2N3O2S/c7-4-9-5(8)11-6(10-4)14-2-3(13)1-12/h3,12-13H,1-2H2. The van der Waals surface area contributed by atoms with Crippen LogP contribution >= 0.6 is 35.0 Å². The van der Waals surface area contributed by atoms with Crippen LogP contribution in [0.5, 0.6) is 0 Å². The normalized spacial score (nSPS) is 12.9. The summed E-state index contributed by atoms with van der Waals surface area (Å²) in [6.45, 7) is -0.306. The molecule has 0 fully saturated rings. The largest absolute Gasteiger partial charge is 0.394 e. The van der Waals surface area contributed by atoms with Gasteiger partial charge in [0.25, 0.3) is 0 Å². The molecule has 0 aromatic carbocycles. The van der Waals surface area contributed by atoms with Crippen molar-refractivity contribution in [2.24, 2.45) is 0 Å². The van der Waals surface area contributed by atoms with Crippen LogP contribution in [0.1, 0.15) is 0 Å². The molecule has 78 valence electrons. The summed E-state index contributed by atoms with van der Waals surface area (Å²) in [5, 5.41) is 17.9. The lowest BCUT2D eigenvalue weighted by atomic mass is 10.4. The Balaban J connectivity index is 2.58. The number of nitrogens with zero attached hydrogens (tertiary/aromatic N) is 3. The monoisotopic (exact) mass is 255 g/mol. The minimum atomic E-state index is -0.811. The highest BCUT2D eigenvalue weighted by molar-refractivity contribution is 7.99. The summed E-state index contributed by atoms with van der Waals surface area (Å²) in [6, 6.07) is 0. The van der Waals surface area contributed by atoms with Gasteiger partial charge in [-0.15, -0.1) is 0 Å². The van der Waals surface area contributed by atoms with E-state index < -0.39 is 6.10 Å². The Labute approximate surface area is 94.5 Å². The van der Waals surface area contributed by atoms with Gasteiger partial charge < -0.3 is 10.2 Å². The lowest BCUT2D eigenvalue weighted by Gasteiger charge is -2.04. The molecule has 0 aliphatic heterocycles. The quantitative estimate of drug-likeness (QED) is 0.769. The van der Waals surface area contributed by atoms with Crippen molar-refractivity contribution in [3.63, 3.8) is 0 Å². The van der Waals surface area contributed by atoms with Crippen LogP contribution in [-0.4, -0.2) is 43.6 Å². The Kier molecular flexibility index (Phi) is 4.83. The van der Waals surface area contributed by atoms with Gasteiger partial charge in [0.1, 0.15) is 0 Å². The maximum atomic E-state index is 9.05. The number of hydrogen-bond acceptors (Lipinski definition) is 6. The van der Waals surface area contributed by atoms with Crippen molar-refractivity contribution in [1.82, 2.24) is 15.0 Å². The topological polar surface area (TPSA) is 79.1 Å². The predicted molar refractivity (Wildman–Crippen MR) is 53.7 cm³/mol. The van der Waals surface area contributed by atoms with Crippen molar-refractivity contribution in [2.45, 2.75) is 11.3 Å². The Hall–Kier alpha value is -0.140. The van der Waals surface area contributed by atoms with Crippen LogP contribution in [0, 0.1) is 0 Å². The fourth-order valence-electron chi connectivity index (χ4n) is 0.597. The van der Waals surface area contributed by atoms with Crippen molar-refractivity contribution in [3.05, 3.63) is 10.6 Å². The number of thioether (sulfide) groups is 1. The number of hydrogen-bond donors (Lipinski definition) is 2. The SMILES string of the molecule is OCC(O)CSc1nc(Cl)nc(Cl)n1. The number of aliphatic hydroxyl groups is 2. The number of aromatic nitrogens is 3. The molecule has 1 rings (SSSR count). The second kappa shape index (κ2) is 5.67. The van der Waals surface area contributed by atoms with Crippen LogP contribution in [0.2, 0.25) is 10.6 Å². The molecule has 1 aromatic heterocycles. The molecule has 0 spiro atoms. The number of rotatable bonds is 4. The molecule has 0 saturated heterocycles. The molecule has 0 aliphatic carbocycles. The molecule has 2 N–H and O–H groups in total. The first-order chi connectivity index (χ1) is 6.61. The highest BCUT2D eigenvalue weighted by Gasteiger charge is 2.07. The second-order valence-corrected chi connectivity index (χ2v) is 3.97. The van der Waals surface area contributed by atoms with Crippen LogP contribution in [0.25, 0.3) is 0 Å². The summed E-state index contributed by atoms with van der Waals surface area (Å²) in [5.41, 5.74) is 0. The lowest BCUT2D eigenvalue weighted by molar-refractivity contribution is 0.113. The van der Waals surface area contributed by atoms with E-state index in [1.54, 1.807) is 0 Å². The molecule has 8 heteroatoms. The Morgan fingerprint density at radius 1 is 1.21 bits per heavy atom. The van der Waals surface area contributed by atoms with Crippen molar-refractivity contribution in [3.8, 4) is 0 Å². The molecule has 1 unspecified atom stereocenters. The van der Waals surface area contributed by atoms with Gasteiger partial charge >= 0.3 is 0 Å². The second-order valence-electron chi connectivity index (χ2n) is 2.30. The summed E-state index contributed by atoms with van der Waals surface area (Å²) in [7, 11) is 0. The minimum Gasteiger partial charge on any atom is -0.394 e. The third kappa shape index (κ3) is 3.93. The van der Waals surface area contributed by atoms with Crippen molar-refractivity contribution >= 4 is 35.0 Å². The van der Waals surface area contributed by atoms with Gasteiger partial charge in [-0.25, -0.2) is 0 Å². The molecular formula is C6H7Cl2N3O2S. The zero-order valence-electron chi connectivity index (χ0n) is 6.89. The molecule has 0 amide bonds. The Morgan fingerprint density at radius 2 is 1.79 bits per heavy atom.